The van der Waals surface area contributed by atoms with Gasteiger partial charge in [0.1, 0.15) is 0 Å². The minimum Gasteiger partial charge on any atom is -0.669 e. The van der Waals surface area contributed by atoms with Crippen LogP contribution in [0.25, 0.3) is 5.73 Å². The van der Waals surface area contributed by atoms with Crippen LogP contribution in [0.1, 0.15) is 23.2 Å². The molecule has 2 aromatic rings. The van der Waals surface area contributed by atoms with Gasteiger partial charge in [-0.2, -0.15) is 0 Å². The third kappa shape index (κ3) is 5.42. The van der Waals surface area contributed by atoms with Crippen molar-refractivity contribution in [3.05, 3.63) is 85.0 Å². The van der Waals surface area contributed by atoms with Crippen LogP contribution in [0.3, 0.4) is 0 Å². The Morgan fingerprint density at radius 2 is 1.21 bits per heavy atom. The van der Waals surface area contributed by atoms with Crippen LogP contribution in [-0.4, -0.2) is 0 Å². The van der Waals surface area contributed by atoms with Gasteiger partial charge in [-0.05, 0) is 5.56 Å². The van der Waals surface area contributed by atoms with E-state index in [2.05, 4.69) is 9.69 Å². The summed E-state index contributed by atoms with van der Waals surface area (Å²) in [7, 11) is 4.57. The molecule has 0 heterocycles. The normalized spacial score (nSPS) is 12.4. The number of hydrogen-bond donors (Lipinski definition) is 1. The van der Waals surface area contributed by atoms with Gasteiger partial charge < -0.3 is 18.9 Å². The number of nitrogens with two attached hydrogens (primary N) is 1. The van der Waals surface area contributed by atoms with E-state index in [0.717, 1.165) is 11.1 Å². The molecule has 4 heteroatoms. The molecule has 3 N–H and O–H groups in total. The van der Waals surface area contributed by atoms with Crippen molar-refractivity contribution in [3.8, 4) is 0 Å². The summed E-state index contributed by atoms with van der Waals surface area (Å²) in [6.07, 6.45) is 0. The van der Waals surface area contributed by atoms with Crippen LogP contribution in [0.2, 0.25) is 0 Å². The fourth-order valence-corrected chi connectivity index (χ4v) is 1.74. The summed E-state index contributed by atoms with van der Waals surface area (Å²) >= 11 is 1.82. The maximum Gasteiger partial charge on any atom is 0.0171 e. The number of nitrogens with one attached hydrogen (secondary N) is 1. The van der Waals surface area contributed by atoms with Crippen molar-refractivity contribution in [1.29, 1.82) is 0 Å². The molecule has 2 nitrogen and oxygen atoms in total. The monoisotopic (exact) mass is 363 g/mol. The molecule has 0 spiro atoms. The summed E-state index contributed by atoms with van der Waals surface area (Å²) in [5, 5.41) is 0. The van der Waals surface area contributed by atoms with Crippen LogP contribution >= 0.6 is 9.69 Å². The summed E-state index contributed by atoms with van der Waals surface area (Å²) in [4.78, 5) is 0. The molecule has 0 unspecified atom stereocenters. The van der Waals surface area contributed by atoms with Gasteiger partial charge in [0, 0.05) is 6.04 Å². The molecule has 0 radical (unpaired) electrons. The van der Waals surface area contributed by atoms with Crippen LogP contribution in [0.5, 0.6) is 0 Å². The first-order valence-corrected chi connectivity index (χ1v) is 7.73. The Morgan fingerprint density at radius 3 is 1.63 bits per heavy atom. The van der Waals surface area contributed by atoms with Crippen LogP contribution in [0.15, 0.2) is 60.7 Å². The first-order valence-electron chi connectivity index (χ1n) is 5.49. The molecule has 0 aliphatic heterocycles. The molecule has 2 rings (SSSR count). The Hall–Kier alpha value is -0.727. The van der Waals surface area contributed by atoms with Gasteiger partial charge in [-0.25, -0.2) is 0 Å². The Balaban J connectivity index is 0.00000103. The molecule has 0 fully saturated rings. The van der Waals surface area contributed by atoms with Gasteiger partial charge in [-0.3, -0.25) is 0 Å². The minimum absolute atomic E-state index is 0. The largest absolute Gasteiger partial charge is 0.669 e. The second-order valence-electron chi connectivity index (χ2n) is 3.82. The Bertz CT molecular complexity index is 393. The Kier molecular flexibility index (Phi) is 9.72. The summed E-state index contributed by atoms with van der Waals surface area (Å²) in [5.74, 6) is 0. The van der Waals surface area contributed by atoms with Crippen molar-refractivity contribution in [1.82, 2.24) is 0 Å². The van der Waals surface area contributed by atoms with Gasteiger partial charge >= 0.3 is 27.0 Å². The van der Waals surface area contributed by atoms with Crippen LogP contribution < -0.4 is 5.73 Å². The summed E-state index contributed by atoms with van der Waals surface area (Å²) < 4.78 is 0. The molecule has 0 aliphatic carbocycles. The quantitative estimate of drug-likeness (QED) is 0.628. The number of rotatable bonds is 3. The molecule has 103 valence electrons. The van der Waals surface area contributed by atoms with Gasteiger partial charge in [-0.15, -0.1) is 0 Å². The fraction of sp³-hybridized carbons (Fsp3) is 0.133. The SMILES string of the molecule is [CH3-].[Cl][Ru+2].[NH-][C@H](c1ccccc1)[C@@H](N)c1ccccc1. The van der Waals surface area contributed by atoms with Crippen molar-refractivity contribution >= 4 is 9.69 Å². The number of benzene rings is 2. The van der Waals surface area contributed by atoms with E-state index in [0.29, 0.717) is 0 Å². The van der Waals surface area contributed by atoms with Crippen LogP contribution in [-0.2, 0) is 17.3 Å². The predicted octanol–water partition coefficient (Wildman–Crippen LogP) is 4.62. The van der Waals surface area contributed by atoms with E-state index in [1.54, 1.807) is 0 Å². The Labute approximate surface area is 129 Å². The van der Waals surface area contributed by atoms with Gasteiger partial charge in [0.05, 0.1) is 0 Å². The van der Waals surface area contributed by atoms with Crippen molar-refractivity contribution in [2.45, 2.75) is 12.1 Å². The third-order valence-electron chi connectivity index (χ3n) is 2.70. The summed E-state index contributed by atoms with van der Waals surface area (Å²) in [6, 6.07) is 18.8. The first-order chi connectivity index (χ1) is 8.79. The summed E-state index contributed by atoms with van der Waals surface area (Å²) in [5.41, 5.74) is 16.2. The van der Waals surface area contributed by atoms with Gasteiger partial charge in [0.2, 0.25) is 0 Å². The molecular weight excluding hydrogens is 345 g/mol. The van der Waals surface area contributed by atoms with Crippen molar-refractivity contribution < 1.29 is 17.3 Å². The average molecular weight is 363 g/mol. The smallest absolute Gasteiger partial charge is 0.0171 e. The number of hydrogen-bond acceptors (Lipinski definition) is 1. The molecule has 0 aromatic heterocycles. The van der Waals surface area contributed by atoms with Gasteiger partial charge in [-0.1, -0.05) is 72.3 Å². The standard InChI is InChI=1S/C14H15N2.CH3.ClH.Ru/c15-13(11-7-3-1-4-8-11)14(16)12-9-5-2-6-10-12;;;/h1-10,13-15H,16H2;1H3;1H;/q2*-1;;+3/p-1/t13-,14+;;;/m1.../s1. The molecule has 0 aliphatic rings. The maximum atomic E-state index is 8.13. The van der Waals surface area contributed by atoms with Crippen LogP contribution in [0.4, 0.5) is 0 Å². The molecule has 0 saturated carbocycles. The zero-order valence-corrected chi connectivity index (χ0v) is 13.2. The number of halogens is 1. The van der Waals surface area contributed by atoms with E-state index >= 15 is 0 Å². The molecule has 2 aromatic carbocycles. The average Bonchev–Trinajstić information content (AvgIpc) is 2.49. The fourth-order valence-electron chi connectivity index (χ4n) is 1.74. The van der Waals surface area contributed by atoms with Crippen molar-refractivity contribution in [3.63, 3.8) is 0 Å². The Morgan fingerprint density at radius 1 is 0.842 bits per heavy atom. The molecule has 0 amide bonds. The third-order valence-corrected chi connectivity index (χ3v) is 2.70. The van der Waals surface area contributed by atoms with Crippen LogP contribution in [0, 0.1) is 7.43 Å². The molecule has 2 atom stereocenters. The zero-order valence-electron chi connectivity index (χ0n) is 10.7. The first kappa shape index (κ1) is 18.3. The van der Waals surface area contributed by atoms with Gasteiger partial charge in [0.25, 0.3) is 0 Å². The van der Waals surface area contributed by atoms with Gasteiger partial charge in [0.15, 0.2) is 0 Å². The second kappa shape index (κ2) is 10.1. The topological polar surface area (TPSA) is 49.8 Å². The minimum atomic E-state index is -0.413. The zero-order chi connectivity index (χ0) is 13.4. The van der Waals surface area contributed by atoms with Crippen molar-refractivity contribution in [2.75, 3.05) is 0 Å². The van der Waals surface area contributed by atoms with E-state index in [1.807, 2.05) is 78.0 Å². The molecule has 0 saturated heterocycles. The van der Waals surface area contributed by atoms with Crippen molar-refractivity contribution in [2.24, 2.45) is 5.73 Å². The molecule has 19 heavy (non-hydrogen) atoms. The van der Waals surface area contributed by atoms with E-state index in [4.69, 9.17) is 11.5 Å². The second-order valence-corrected chi connectivity index (χ2v) is 3.82. The predicted molar refractivity (Wildman–Crippen MR) is 79.1 cm³/mol. The maximum absolute atomic E-state index is 8.13. The van der Waals surface area contributed by atoms with E-state index in [-0.39, 0.29) is 13.5 Å². The molecule has 0 bridgehead atoms. The molecular formula is C15H18ClN2Ru. The summed E-state index contributed by atoms with van der Waals surface area (Å²) in [6.45, 7) is 0. The van der Waals surface area contributed by atoms with E-state index < -0.39 is 6.04 Å². The van der Waals surface area contributed by atoms with E-state index in [9.17, 15) is 0 Å². The van der Waals surface area contributed by atoms with E-state index in [1.165, 1.54) is 0 Å².